The summed E-state index contributed by atoms with van der Waals surface area (Å²) < 4.78 is 6.11. The number of unbranched alkanes of at least 4 members (excludes halogenated alkanes) is 9. The maximum absolute atomic E-state index is 6.11. The molecule has 3 rings (SSSR count). The summed E-state index contributed by atoms with van der Waals surface area (Å²) in [5.41, 5.74) is 2.30. The van der Waals surface area contributed by atoms with Gasteiger partial charge in [0, 0.05) is 18.0 Å². The molecule has 2 aromatic rings. The highest BCUT2D eigenvalue weighted by Crippen LogP contribution is 2.36. The Morgan fingerprint density at radius 2 is 1.24 bits per heavy atom. The van der Waals surface area contributed by atoms with Gasteiger partial charge in [-0.05, 0) is 67.3 Å². The third-order valence-corrected chi connectivity index (χ3v) is 8.37. The van der Waals surface area contributed by atoms with Crippen molar-refractivity contribution in [3.8, 4) is 17.1 Å². The summed E-state index contributed by atoms with van der Waals surface area (Å²) >= 11 is 0. The van der Waals surface area contributed by atoms with E-state index in [0.717, 1.165) is 42.0 Å². The second-order valence-electron chi connectivity index (χ2n) is 11.5. The summed E-state index contributed by atoms with van der Waals surface area (Å²) in [5.74, 6) is 3.65. The van der Waals surface area contributed by atoms with E-state index in [1.165, 1.54) is 121 Å². The van der Waals surface area contributed by atoms with Crippen LogP contribution in [0.3, 0.4) is 0 Å². The second-order valence-corrected chi connectivity index (χ2v) is 11.5. The van der Waals surface area contributed by atoms with Crippen molar-refractivity contribution in [2.75, 3.05) is 6.61 Å². The van der Waals surface area contributed by atoms with Crippen LogP contribution in [0.2, 0.25) is 0 Å². The van der Waals surface area contributed by atoms with Crippen LogP contribution >= 0.6 is 0 Å². The normalized spacial score (nSPS) is 17.7. The zero-order chi connectivity index (χ0) is 26.0. The largest absolute Gasteiger partial charge is 0.494 e. The average molecular weight is 507 g/mol. The SMILES string of the molecule is CCCCCCCCc1cnc(-c2ccc(OCCCC3CCCCC3CCCCCCC)cc2)nc1. The molecule has 3 nitrogen and oxygen atoms in total. The van der Waals surface area contributed by atoms with E-state index in [1.54, 1.807) is 0 Å². The molecule has 2 unspecified atom stereocenters. The fourth-order valence-electron chi connectivity index (χ4n) is 6.03. The molecule has 3 heteroatoms. The monoisotopic (exact) mass is 506 g/mol. The van der Waals surface area contributed by atoms with Crippen molar-refractivity contribution in [2.24, 2.45) is 11.8 Å². The van der Waals surface area contributed by atoms with Gasteiger partial charge in [-0.2, -0.15) is 0 Å². The Labute approximate surface area is 228 Å². The van der Waals surface area contributed by atoms with Crippen molar-refractivity contribution in [1.29, 1.82) is 0 Å². The molecule has 1 aliphatic carbocycles. The van der Waals surface area contributed by atoms with Gasteiger partial charge in [0.2, 0.25) is 0 Å². The Morgan fingerprint density at radius 1 is 0.676 bits per heavy atom. The van der Waals surface area contributed by atoms with Crippen LogP contribution in [0.15, 0.2) is 36.7 Å². The van der Waals surface area contributed by atoms with Crippen molar-refractivity contribution in [2.45, 2.75) is 136 Å². The van der Waals surface area contributed by atoms with Crippen LogP contribution in [0.4, 0.5) is 0 Å². The highest BCUT2D eigenvalue weighted by Gasteiger charge is 2.24. The van der Waals surface area contributed by atoms with E-state index in [4.69, 9.17) is 4.74 Å². The number of hydrogen-bond donors (Lipinski definition) is 0. The van der Waals surface area contributed by atoms with Gasteiger partial charge in [0.25, 0.3) is 0 Å². The van der Waals surface area contributed by atoms with Gasteiger partial charge in [0.1, 0.15) is 5.75 Å². The summed E-state index contributed by atoms with van der Waals surface area (Å²) in [4.78, 5) is 9.25. The Hall–Kier alpha value is -1.90. The average Bonchev–Trinajstić information content (AvgIpc) is 2.94. The number of aryl methyl sites for hydroxylation is 1. The van der Waals surface area contributed by atoms with Gasteiger partial charge in [-0.15, -0.1) is 0 Å². The number of ether oxygens (including phenoxy) is 1. The van der Waals surface area contributed by atoms with Crippen LogP contribution in [0.1, 0.15) is 135 Å². The minimum atomic E-state index is 0.802. The predicted molar refractivity (Wildman–Crippen MR) is 158 cm³/mol. The minimum Gasteiger partial charge on any atom is -0.494 e. The number of rotatable bonds is 19. The lowest BCUT2D eigenvalue weighted by Gasteiger charge is -2.31. The summed E-state index contributed by atoms with van der Waals surface area (Å²) in [6, 6.07) is 8.33. The predicted octanol–water partition coefficient (Wildman–Crippen LogP) is 10.4. The van der Waals surface area contributed by atoms with E-state index in [2.05, 4.69) is 48.1 Å². The molecule has 1 aliphatic rings. The molecule has 1 aromatic carbocycles. The second kappa shape index (κ2) is 18.4. The van der Waals surface area contributed by atoms with E-state index in [0.29, 0.717) is 0 Å². The molecule has 0 aliphatic heterocycles. The standard InChI is InChI=1S/C34H54N2O/c1-3-5-7-9-11-12-17-29-27-35-34(36-28-29)32-22-24-33(25-23-32)37-26-16-21-31-20-15-14-19-30(31)18-13-10-8-6-4-2/h22-25,27-28,30-31H,3-21,26H2,1-2H3. The first-order chi connectivity index (χ1) is 18.3. The van der Waals surface area contributed by atoms with Crippen molar-refractivity contribution >= 4 is 0 Å². The summed E-state index contributed by atoms with van der Waals surface area (Å²) in [7, 11) is 0. The molecule has 1 aromatic heterocycles. The molecule has 0 radical (unpaired) electrons. The third-order valence-electron chi connectivity index (χ3n) is 8.37. The fourth-order valence-corrected chi connectivity index (χ4v) is 6.03. The lowest BCUT2D eigenvalue weighted by atomic mass is 9.74. The lowest BCUT2D eigenvalue weighted by molar-refractivity contribution is 0.190. The first-order valence-corrected chi connectivity index (χ1v) is 15.8. The van der Waals surface area contributed by atoms with Gasteiger partial charge in [-0.25, -0.2) is 9.97 Å². The maximum Gasteiger partial charge on any atom is 0.159 e. The van der Waals surface area contributed by atoms with Gasteiger partial charge in [-0.1, -0.05) is 110 Å². The van der Waals surface area contributed by atoms with Gasteiger partial charge in [0.05, 0.1) is 6.61 Å². The molecule has 0 N–H and O–H groups in total. The molecular weight excluding hydrogens is 452 g/mol. The van der Waals surface area contributed by atoms with E-state index in [9.17, 15) is 0 Å². The Morgan fingerprint density at radius 3 is 1.89 bits per heavy atom. The smallest absolute Gasteiger partial charge is 0.159 e. The molecule has 206 valence electrons. The van der Waals surface area contributed by atoms with Crippen molar-refractivity contribution < 1.29 is 4.74 Å². The summed E-state index contributed by atoms with van der Waals surface area (Å²) in [5, 5.41) is 0. The molecule has 1 saturated carbocycles. The fraction of sp³-hybridized carbons (Fsp3) is 0.706. The van der Waals surface area contributed by atoms with E-state index in [1.807, 2.05) is 12.4 Å². The van der Waals surface area contributed by atoms with Crippen LogP contribution in [0, 0.1) is 11.8 Å². The van der Waals surface area contributed by atoms with Crippen molar-refractivity contribution in [3.63, 3.8) is 0 Å². The number of nitrogens with zero attached hydrogens (tertiary/aromatic N) is 2. The van der Waals surface area contributed by atoms with Crippen molar-refractivity contribution in [1.82, 2.24) is 9.97 Å². The highest BCUT2D eigenvalue weighted by atomic mass is 16.5. The Kier molecular flexibility index (Phi) is 14.7. The third kappa shape index (κ3) is 11.6. The van der Waals surface area contributed by atoms with Crippen LogP contribution in [0.25, 0.3) is 11.4 Å². The van der Waals surface area contributed by atoms with E-state index < -0.39 is 0 Å². The van der Waals surface area contributed by atoms with Crippen LogP contribution in [-0.4, -0.2) is 16.6 Å². The first-order valence-electron chi connectivity index (χ1n) is 15.8. The number of hydrogen-bond acceptors (Lipinski definition) is 3. The summed E-state index contributed by atoms with van der Waals surface area (Å²) in [6.07, 6.45) is 29.8. The maximum atomic E-state index is 6.11. The van der Waals surface area contributed by atoms with Crippen molar-refractivity contribution in [3.05, 3.63) is 42.2 Å². The van der Waals surface area contributed by atoms with Crippen LogP contribution in [-0.2, 0) is 6.42 Å². The molecule has 0 saturated heterocycles. The number of benzene rings is 1. The zero-order valence-corrected chi connectivity index (χ0v) is 24.1. The highest BCUT2D eigenvalue weighted by molar-refractivity contribution is 5.55. The molecular formula is C34H54N2O. The lowest BCUT2D eigenvalue weighted by Crippen LogP contribution is -2.20. The molecule has 0 amide bonds. The molecule has 1 heterocycles. The Balaban J connectivity index is 1.33. The summed E-state index contributed by atoms with van der Waals surface area (Å²) in [6.45, 7) is 5.39. The van der Waals surface area contributed by atoms with Gasteiger partial charge < -0.3 is 4.74 Å². The van der Waals surface area contributed by atoms with Gasteiger partial charge in [0.15, 0.2) is 5.82 Å². The topological polar surface area (TPSA) is 35.0 Å². The first kappa shape index (κ1) is 29.7. The molecule has 0 spiro atoms. The minimum absolute atomic E-state index is 0.802. The zero-order valence-electron chi connectivity index (χ0n) is 24.1. The van der Waals surface area contributed by atoms with Crippen LogP contribution < -0.4 is 4.74 Å². The Bertz CT molecular complexity index is 817. The molecule has 0 bridgehead atoms. The number of aromatic nitrogens is 2. The van der Waals surface area contributed by atoms with Crippen LogP contribution in [0.5, 0.6) is 5.75 Å². The van der Waals surface area contributed by atoms with Gasteiger partial charge in [-0.3, -0.25) is 0 Å². The van der Waals surface area contributed by atoms with Gasteiger partial charge >= 0.3 is 0 Å². The quantitative estimate of drug-likeness (QED) is 0.178. The van der Waals surface area contributed by atoms with E-state index >= 15 is 0 Å². The molecule has 37 heavy (non-hydrogen) atoms. The molecule has 2 atom stereocenters. The van der Waals surface area contributed by atoms with E-state index in [-0.39, 0.29) is 0 Å². The molecule has 1 fully saturated rings.